The lowest BCUT2D eigenvalue weighted by Gasteiger charge is -2.33. The van der Waals surface area contributed by atoms with E-state index in [4.69, 9.17) is 4.74 Å². The number of hydrogen-bond donors (Lipinski definition) is 0. The Kier molecular flexibility index (Phi) is 5.06. The molecule has 2 rings (SSSR count). The molecule has 0 atom stereocenters. The van der Waals surface area contributed by atoms with Crippen LogP contribution in [-0.4, -0.2) is 31.1 Å². The van der Waals surface area contributed by atoms with E-state index in [-0.39, 0.29) is 0 Å². The monoisotopic (exact) mass is 247 g/mol. The lowest BCUT2D eigenvalue weighted by molar-refractivity contribution is 0.137. The SMILES string of the molecule is CC(C)C1CCN(CCOc2ccccc2)CC1. The molecule has 18 heavy (non-hydrogen) atoms. The van der Waals surface area contributed by atoms with E-state index in [0.29, 0.717) is 0 Å². The molecule has 2 nitrogen and oxygen atoms in total. The largest absolute Gasteiger partial charge is 0.492 e. The zero-order chi connectivity index (χ0) is 12.8. The number of rotatable bonds is 5. The average molecular weight is 247 g/mol. The topological polar surface area (TPSA) is 12.5 Å². The lowest BCUT2D eigenvalue weighted by atomic mass is 9.87. The number of piperidine rings is 1. The Labute approximate surface area is 111 Å². The summed E-state index contributed by atoms with van der Waals surface area (Å²) in [5.74, 6) is 2.75. The number of para-hydroxylation sites is 1. The number of benzene rings is 1. The third kappa shape index (κ3) is 4.02. The maximum Gasteiger partial charge on any atom is 0.119 e. The van der Waals surface area contributed by atoms with Gasteiger partial charge in [-0.15, -0.1) is 0 Å². The third-order valence-electron chi connectivity index (χ3n) is 3.99. The van der Waals surface area contributed by atoms with E-state index < -0.39 is 0 Å². The van der Waals surface area contributed by atoms with Crippen molar-refractivity contribution in [1.29, 1.82) is 0 Å². The maximum atomic E-state index is 5.74. The van der Waals surface area contributed by atoms with Crippen molar-refractivity contribution in [3.8, 4) is 5.75 Å². The van der Waals surface area contributed by atoms with Crippen LogP contribution >= 0.6 is 0 Å². The summed E-state index contributed by atoms with van der Waals surface area (Å²) in [6, 6.07) is 10.1. The summed E-state index contributed by atoms with van der Waals surface area (Å²) in [4.78, 5) is 2.53. The first-order chi connectivity index (χ1) is 8.75. The van der Waals surface area contributed by atoms with Gasteiger partial charge in [0.15, 0.2) is 0 Å². The van der Waals surface area contributed by atoms with E-state index in [9.17, 15) is 0 Å². The highest BCUT2D eigenvalue weighted by Gasteiger charge is 2.20. The maximum absolute atomic E-state index is 5.74. The Bertz CT molecular complexity index is 328. The molecule has 0 saturated carbocycles. The normalized spacial score (nSPS) is 18.2. The van der Waals surface area contributed by atoms with E-state index in [1.807, 2.05) is 30.3 Å². The molecule has 0 aliphatic carbocycles. The third-order valence-corrected chi connectivity index (χ3v) is 3.99. The Hall–Kier alpha value is -1.02. The van der Waals surface area contributed by atoms with Gasteiger partial charge in [0.2, 0.25) is 0 Å². The highest BCUT2D eigenvalue weighted by atomic mass is 16.5. The van der Waals surface area contributed by atoms with E-state index in [2.05, 4.69) is 18.7 Å². The van der Waals surface area contributed by atoms with Crippen molar-refractivity contribution in [3.05, 3.63) is 30.3 Å². The molecular weight excluding hydrogens is 222 g/mol. The van der Waals surface area contributed by atoms with Crippen LogP contribution in [0.25, 0.3) is 0 Å². The molecule has 1 aliphatic heterocycles. The molecule has 0 bridgehead atoms. The van der Waals surface area contributed by atoms with Gasteiger partial charge in [0.05, 0.1) is 0 Å². The summed E-state index contributed by atoms with van der Waals surface area (Å²) >= 11 is 0. The van der Waals surface area contributed by atoms with Gasteiger partial charge in [0, 0.05) is 6.54 Å². The second-order valence-corrected chi connectivity index (χ2v) is 5.58. The van der Waals surface area contributed by atoms with Crippen LogP contribution in [0.5, 0.6) is 5.75 Å². The van der Waals surface area contributed by atoms with Crippen molar-refractivity contribution in [2.75, 3.05) is 26.2 Å². The van der Waals surface area contributed by atoms with Crippen LogP contribution in [0.4, 0.5) is 0 Å². The summed E-state index contributed by atoms with van der Waals surface area (Å²) in [7, 11) is 0. The van der Waals surface area contributed by atoms with Crippen LogP contribution in [0.3, 0.4) is 0 Å². The predicted octanol–water partition coefficient (Wildman–Crippen LogP) is 3.43. The van der Waals surface area contributed by atoms with Gasteiger partial charge in [0.25, 0.3) is 0 Å². The van der Waals surface area contributed by atoms with Crippen molar-refractivity contribution in [2.45, 2.75) is 26.7 Å². The van der Waals surface area contributed by atoms with E-state index in [1.165, 1.54) is 25.9 Å². The molecule has 1 saturated heterocycles. The van der Waals surface area contributed by atoms with Gasteiger partial charge < -0.3 is 4.74 Å². The van der Waals surface area contributed by atoms with Crippen LogP contribution in [0, 0.1) is 11.8 Å². The minimum Gasteiger partial charge on any atom is -0.492 e. The highest BCUT2D eigenvalue weighted by molar-refractivity contribution is 5.20. The van der Waals surface area contributed by atoms with E-state index in [0.717, 1.165) is 30.7 Å². The molecular formula is C16H25NO. The van der Waals surface area contributed by atoms with Crippen LogP contribution in [0.2, 0.25) is 0 Å². The molecule has 0 spiro atoms. The number of ether oxygens (including phenoxy) is 1. The zero-order valence-corrected chi connectivity index (χ0v) is 11.6. The molecule has 1 fully saturated rings. The highest BCUT2D eigenvalue weighted by Crippen LogP contribution is 2.24. The van der Waals surface area contributed by atoms with E-state index in [1.54, 1.807) is 0 Å². The van der Waals surface area contributed by atoms with Gasteiger partial charge in [0.1, 0.15) is 12.4 Å². The fourth-order valence-corrected chi connectivity index (χ4v) is 2.65. The molecule has 1 aromatic carbocycles. The Morgan fingerprint density at radius 2 is 1.83 bits per heavy atom. The van der Waals surface area contributed by atoms with Gasteiger partial charge in [-0.05, 0) is 49.9 Å². The van der Waals surface area contributed by atoms with Gasteiger partial charge in [-0.1, -0.05) is 32.0 Å². The molecule has 0 amide bonds. The summed E-state index contributed by atoms with van der Waals surface area (Å²) in [6.07, 6.45) is 2.70. The standard InChI is InChI=1S/C16H25NO/c1-14(2)15-8-10-17(11-9-15)12-13-18-16-6-4-3-5-7-16/h3-7,14-15H,8-13H2,1-2H3. The first-order valence-electron chi connectivity index (χ1n) is 7.16. The Balaban J connectivity index is 1.64. The molecule has 1 aliphatic rings. The van der Waals surface area contributed by atoms with Gasteiger partial charge in [-0.3, -0.25) is 4.90 Å². The Morgan fingerprint density at radius 3 is 2.44 bits per heavy atom. The van der Waals surface area contributed by atoms with Gasteiger partial charge in [-0.2, -0.15) is 0 Å². The predicted molar refractivity (Wildman–Crippen MR) is 75.9 cm³/mol. The summed E-state index contributed by atoms with van der Waals surface area (Å²) < 4.78 is 5.74. The van der Waals surface area contributed by atoms with Crippen LogP contribution in [0.15, 0.2) is 30.3 Å². The molecule has 1 heterocycles. The summed E-state index contributed by atoms with van der Waals surface area (Å²) in [5.41, 5.74) is 0. The van der Waals surface area contributed by atoms with E-state index >= 15 is 0 Å². The number of likely N-dealkylation sites (tertiary alicyclic amines) is 1. The lowest BCUT2D eigenvalue weighted by Crippen LogP contribution is -2.37. The van der Waals surface area contributed by atoms with Crippen molar-refractivity contribution >= 4 is 0 Å². The van der Waals surface area contributed by atoms with Crippen molar-refractivity contribution in [1.82, 2.24) is 4.90 Å². The minimum absolute atomic E-state index is 0.802. The molecule has 100 valence electrons. The average Bonchev–Trinajstić information content (AvgIpc) is 2.40. The minimum atomic E-state index is 0.802. The quantitative estimate of drug-likeness (QED) is 0.790. The van der Waals surface area contributed by atoms with Gasteiger partial charge in [-0.25, -0.2) is 0 Å². The summed E-state index contributed by atoms with van der Waals surface area (Å²) in [6.45, 7) is 9.02. The second-order valence-electron chi connectivity index (χ2n) is 5.58. The van der Waals surface area contributed by atoms with Crippen molar-refractivity contribution < 1.29 is 4.74 Å². The van der Waals surface area contributed by atoms with Crippen LogP contribution in [-0.2, 0) is 0 Å². The van der Waals surface area contributed by atoms with Crippen molar-refractivity contribution in [2.24, 2.45) is 11.8 Å². The van der Waals surface area contributed by atoms with Crippen LogP contribution < -0.4 is 4.74 Å². The van der Waals surface area contributed by atoms with Crippen molar-refractivity contribution in [3.63, 3.8) is 0 Å². The first kappa shape index (κ1) is 13.4. The van der Waals surface area contributed by atoms with Gasteiger partial charge >= 0.3 is 0 Å². The molecule has 0 aromatic heterocycles. The fourth-order valence-electron chi connectivity index (χ4n) is 2.65. The first-order valence-corrected chi connectivity index (χ1v) is 7.16. The zero-order valence-electron chi connectivity index (χ0n) is 11.6. The molecule has 0 radical (unpaired) electrons. The number of hydrogen-bond acceptors (Lipinski definition) is 2. The molecule has 1 aromatic rings. The number of nitrogens with zero attached hydrogens (tertiary/aromatic N) is 1. The molecule has 2 heteroatoms. The second kappa shape index (κ2) is 6.79. The fraction of sp³-hybridized carbons (Fsp3) is 0.625. The molecule has 0 N–H and O–H groups in total. The van der Waals surface area contributed by atoms with Crippen LogP contribution in [0.1, 0.15) is 26.7 Å². The smallest absolute Gasteiger partial charge is 0.119 e. The molecule has 0 unspecified atom stereocenters. The summed E-state index contributed by atoms with van der Waals surface area (Å²) in [5, 5.41) is 0. The Morgan fingerprint density at radius 1 is 1.17 bits per heavy atom.